The lowest BCUT2D eigenvalue weighted by atomic mass is 10.1. The van der Waals surface area contributed by atoms with Crippen molar-refractivity contribution >= 4 is 78.0 Å². The zero-order valence-electron chi connectivity index (χ0n) is 26.3. The fourth-order valence-corrected chi connectivity index (χ4v) is 8.83. The highest BCUT2D eigenvalue weighted by Crippen LogP contribution is 2.60. The molecule has 0 bridgehead atoms. The smallest absolute Gasteiger partial charge is 0.382 e. The van der Waals surface area contributed by atoms with Crippen LogP contribution < -0.4 is 16.4 Å². The van der Waals surface area contributed by atoms with Crippen LogP contribution in [0.2, 0.25) is 0 Å². The van der Waals surface area contributed by atoms with Gasteiger partial charge in [-0.15, -0.1) is 0 Å². The number of aromatic nitrogens is 8. The minimum Gasteiger partial charge on any atom is -0.382 e. The van der Waals surface area contributed by atoms with E-state index >= 15 is 8.78 Å². The summed E-state index contributed by atoms with van der Waals surface area (Å²) in [6.07, 6.45) is -7.69. The minimum absolute atomic E-state index is 0.0415. The molecule has 7 rings (SSSR count). The fraction of sp³-hybridized carbons (Fsp3) is 0.560. The van der Waals surface area contributed by atoms with Gasteiger partial charge in [0.1, 0.15) is 42.6 Å². The number of hydrogen-bond donors (Lipinski definition) is 5. The van der Waals surface area contributed by atoms with Gasteiger partial charge in [0.25, 0.3) is 0 Å². The van der Waals surface area contributed by atoms with Crippen molar-refractivity contribution in [2.24, 2.45) is 0 Å². The summed E-state index contributed by atoms with van der Waals surface area (Å²) in [5.41, 5.74) is 6.39. The number of nitrogen functional groups attached to an aromatic ring is 1. The molecule has 276 valence electrons. The molecule has 3 fully saturated rings. The summed E-state index contributed by atoms with van der Waals surface area (Å²) in [6.45, 7) is -9.61. The summed E-state index contributed by atoms with van der Waals surface area (Å²) in [5.74, 6) is -0.181. The predicted octanol–water partition coefficient (Wildman–Crippen LogP) is 2.55. The van der Waals surface area contributed by atoms with Crippen LogP contribution in [0.5, 0.6) is 0 Å². The van der Waals surface area contributed by atoms with Crippen LogP contribution in [0, 0.1) is 0 Å². The molecular formula is C25H31F2N11O9P2S2. The fourth-order valence-electron chi connectivity index (χ4n) is 5.87. The second-order valence-corrected chi connectivity index (χ2v) is 17.3. The van der Waals surface area contributed by atoms with E-state index in [1.54, 1.807) is 7.05 Å². The van der Waals surface area contributed by atoms with Crippen molar-refractivity contribution in [2.45, 2.75) is 62.1 Å². The number of thiol groups is 2. The van der Waals surface area contributed by atoms with E-state index in [2.05, 4.69) is 65.0 Å². The molecule has 0 aliphatic carbocycles. The lowest BCUT2D eigenvalue weighted by Gasteiger charge is -2.28. The Balaban J connectivity index is 1.11. The molecule has 4 N–H and O–H groups in total. The van der Waals surface area contributed by atoms with E-state index in [-0.39, 0.29) is 46.3 Å². The van der Waals surface area contributed by atoms with Crippen LogP contribution in [0.3, 0.4) is 0 Å². The average Bonchev–Trinajstić information content (AvgIpc) is 3.85. The number of nitrogens with one attached hydrogen (secondary N) is 2. The van der Waals surface area contributed by atoms with Crippen LogP contribution in [-0.2, 0) is 41.5 Å². The van der Waals surface area contributed by atoms with E-state index in [0.717, 1.165) is 12.7 Å². The van der Waals surface area contributed by atoms with Gasteiger partial charge < -0.3 is 25.8 Å². The standard InChI is InChI=1S/C25H31F2N11O9P2S2/c1-29-4-2-3-13(39)36-21-17-23(33-8-31-21)38(10-35-17)25-15(27)19-12(45-25)6-43-48(40,50)46-18-11(5-42-49(41,51)47-19)44-24(14(18)26)37-9-34-16-20(28)30-7-32-22(16)37/h7-12,14-15,18-19,24-25,29H,2-6H2,1H3,(H,40,50)(H,41,51)(H2,28,30,32)(H,31,33,36,39)/t11-,12-,14-,15-,18?,19?,24-,25-,48-,49-/m1/s1. The molecule has 3 aliphatic heterocycles. The van der Waals surface area contributed by atoms with Crippen molar-refractivity contribution < 1.29 is 50.3 Å². The first kappa shape index (κ1) is 36.5. The number of ether oxygens (including phenoxy) is 2. The van der Waals surface area contributed by atoms with Gasteiger partial charge in [-0.1, -0.05) is 24.5 Å². The van der Waals surface area contributed by atoms with E-state index < -0.39 is 76.0 Å². The Hall–Kier alpha value is -2.89. The molecule has 0 aromatic carbocycles. The zero-order valence-corrected chi connectivity index (χ0v) is 29.9. The number of nitrogens with zero attached hydrogens (tertiary/aromatic N) is 8. The van der Waals surface area contributed by atoms with Gasteiger partial charge in [-0.2, -0.15) is 0 Å². The monoisotopic (exact) mass is 793 g/mol. The predicted molar refractivity (Wildman–Crippen MR) is 179 cm³/mol. The van der Waals surface area contributed by atoms with Crippen molar-refractivity contribution in [3.8, 4) is 0 Å². The van der Waals surface area contributed by atoms with E-state index in [1.165, 1.54) is 21.8 Å². The van der Waals surface area contributed by atoms with E-state index in [1.807, 2.05) is 0 Å². The molecule has 2 unspecified atom stereocenters. The second kappa shape index (κ2) is 14.5. The van der Waals surface area contributed by atoms with Gasteiger partial charge in [0.05, 0.1) is 25.9 Å². The van der Waals surface area contributed by atoms with Gasteiger partial charge in [-0.3, -0.25) is 32.0 Å². The number of carbonyl (C=O) groups is 1. The topological polar surface area (TPSA) is 244 Å². The molecule has 20 nitrogen and oxygen atoms in total. The second-order valence-electron chi connectivity index (χ2n) is 11.6. The van der Waals surface area contributed by atoms with Gasteiger partial charge in [0, 0.05) is 6.42 Å². The molecule has 4 aromatic heterocycles. The number of carbonyl (C=O) groups excluding carboxylic acids is 1. The first-order valence-electron chi connectivity index (χ1n) is 15.3. The number of anilines is 2. The Morgan fingerprint density at radius 2 is 1.41 bits per heavy atom. The molecule has 0 radical (unpaired) electrons. The minimum atomic E-state index is -4.45. The van der Waals surface area contributed by atoms with Crippen LogP contribution >= 0.6 is 38.1 Å². The third-order valence-electron chi connectivity index (χ3n) is 8.23. The summed E-state index contributed by atoms with van der Waals surface area (Å²) < 4.78 is 95.5. The van der Waals surface area contributed by atoms with Crippen molar-refractivity contribution in [2.75, 3.05) is 37.9 Å². The Labute approximate surface area is 297 Å². The Bertz CT molecular complexity index is 2030. The van der Waals surface area contributed by atoms with Gasteiger partial charge in [-0.05, 0) is 20.0 Å². The van der Waals surface area contributed by atoms with Crippen LogP contribution in [0.4, 0.5) is 20.4 Å². The van der Waals surface area contributed by atoms with Gasteiger partial charge in [0.2, 0.25) is 5.91 Å². The summed E-state index contributed by atoms with van der Waals surface area (Å²) >= 11 is 8.05. The third-order valence-corrected chi connectivity index (χ3v) is 11.5. The van der Waals surface area contributed by atoms with E-state index in [9.17, 15) is 13.9 Å². The highest BCUT2D eigenvalue weighted by Gasteiger charge is 2.54. The number of fused-ring (bicyclic) bond motifs is 4. The quantitative estimate of drug-likeness (QED) is 0.103. The first-order valence-corrected chi connectivity index (χ1v) is 20.7. The maximum absolute atomic E-state index is 16.3. The molecule has 7 heterocycles. The SMILES string of the molecule is CNCCCC(=O)Nc1ncnc2c1ncn2[C@@H]1O[C@@H]2CO[P@@](=O)(S)OC3[C@@H](F)[C@H](n4cnc5c(N)ncnc54)O[C@@H]3CO[P@@](=O)(S)OC2[C@H]1F. The summed E-state index contributed by atoms with van der Waals surface area (Å²) in [7, 11) is 1.77. The maximum atomic E-state index is 16.3. The average molecular weight is 794 g/mol. The van der Waals surface area contributed by atoms with Crippen molar-refractivity contribution in [3.63, 3.8) is 0 Å². The Morgan fingerprint density at radius 1 is 0.882 bits per heavy atom. The highest BCUT2D eigenvalue weighted by molar-refractivity contribution is 8.44. The van der Waals surface area contributed by atoms with Crippen LogP contribution in [-0.4, -0.2) is 109 Å². The molecule has 51 heavy (non-hydrogen) atoms. The molecule has 26 heteroatoms. The Morgan fingerprint density at radius 3 is 1.98 bits per heavy atom. The molecule has 0 spiro atoms. The lowest BCUT2D eigenvalue weighted by molar-refractivity contribution is -0.116. The number of hydrogen-bond acceptors (Lipinski definition) is 17. The van der Waals surface area contributed by atoms with Gasteiger partial charge in [-0.25, -0.2) is 47.8 Å². The highest BCUT2D eigenvalue weighted by atomic mass is 32.7. The number of amides is 1. The number of nitrogens with two attached hydrogens (primary N) is 1. The van der Waals surface area contributed by atoms with Crippen LogP contribution in [0.15, 0.2) is 25.3 Å². The molecule has 1 amide bonds. The van der Waals surface area contributed by atoms with Gasteiger partial charge in [0.15, 0.2) is 53.2 Å². The maximum Gasteiger partial charge on any atom is 0.386 e. The number of alkyl halides is 2. The van der Waals surface area contributed by atoms with Crippen LogP contribution in [0.25, 0.3) is 22.3 Å². The molecule has 0 saturated carbocycles. The zero-order chi connectivity index (χ0) is 36.1. The van der Waals surface area contributed by atoms with Crippen LogP contribution in [0.1, 0.15) is 25.3 Å². The molecular weight excluding hydrogens is 762 g/mol. The summed E-state index contributed by atoms with van der Waals surface area (Å²) in [4.78, 5) is 37.0. The molecule has 3 saturated heterocycles. The molecule has 10 atom stereocenters. The van der Waals surface area contributed by atoms with E-state index in [4.69, 9.17) is 33.3 Å². The van der Waals surface area contributed by atoms with Crippen molar-refractivity contribution in [1.29, 1.82) is 0 Å². The van der Waals surface area contributed by atoms with Crippen molar-refractivity contribution in [3.05, 3.63) is 25.3 Å². The number of halogens is 2. The summed E-state index contributed by atoms with van der Waals surface area (Å²) in [6, 6.07) is 0. The number of rotatable bonds is 7. The molecule has 4 aromatic rings. The number of imidazole rings is 2. The van der Waals surface area contributed by atoms with E-state index in [0.29, 0.717) is 13.0 Å². The van der Waals surface area contributed by atoms with Crippen molar-refractivity contribution in [1.82, 2.24) is 44.4 Å². The Kier molecular flexibility index (Phi) is 10.4. The first-order chi connectivity index (χ1) is 24.4. The van der Waals surface area contributed by atoms with Gasteiger partial charge >= 0.3 is 13.6 Å². The normalized spacial score (nSPS) is 34.5. The summed E-state index contributed by atoms with van der Waals surface area (Å²) in [5, 5.41) is 5.62. The lowest BCUT2D eigenvalue weighted by Crippen LogP contribution is -2.36. The largest absolute Gasteiger partial charge is 0.386 e. The molecule has 3 aliphatic rings. The third kappa shape index (κ3) is 7.36.